The van der Waals surface area contributed by atoms with Crippen molar-refractivity contribution in [2.75, 3.05) is 0 Å². The molecule has 1 rings (SSSR count). The van der Waals surface area contributed by atoms with Crippen molar-refractivity contribution in [2.45, 2.75) is 4.90 Å². The first-order chi connectivity index (χ1) is 5.55. The lowest BCUT2D eigenvalue weighted by Crippen LogP contribution is -1.98. The van der Waals surface area contributed by atoms with Gasteiger partial charge >= 0.3 is 0 Å². The molecule has 64 valence electrons. The first-order valence-corrected chi connectivity index (χ1v) is 5.06. The van der Waals surface area contributed by atoms with Gasteiger partial charge in [-0.2, -0.15) is 0 Å². The Kier molecular flexibility index (Phi) is 2.55. The van der Waals surface area contributed by atoms with E-state index in [4.69, 9.17) is 11.6 Å². The first kappa shape index (κ1) is 9.29. The van der Waals surface area contributed by atoms with Gasteiger partial charge in [-0.1, -0.05) is 36.4 Å². The molecule has 0 saturated carbocycles. The molecular formula is C8H7ClO2S. The average Bonchev–Trinajstić information content (AvgIpc) is 2.06. The quantitative estimate of drug-likeness (QED) is 0.737. The summed E-state index contributed by atoms with van der Waals surface area (Å²) < 4.78 is 22.2. The van der Waals surface area contributed by atoms with Gasteiger partial charge in [-0.15, -0.1) is 0 Å². The monoisotopic (exact) mass is 202 g/mol. The van der Waals surface area contributed by atoms with Gasteiger partial charge in [0.1, 0.15) is 4.36 Å². The van der Waals surface area contributed by atoms with Crippen molar-refractivity contribution in [3.05, 3.63) is 41.3 Å². The van der Waals surface area contributed by atoms with Crippen LogP contribution < -0.4 is 0 Å². The number of rotatable bonds is 2. The minimum atomic E-state index is -3.51. The fourth-order valence-corrected chi connectivity index (χ4v) is 1.77. The number of sulfone groups is 1. The molecular weight excluding hydrogens is 196 g/mol. The van der Waals surface area contributed by atoms with E-state index in [1.165, 1.54) is 12.1 Å². The molecule has 1 aromatic carbocycles. The van der Waals surface area contributed by atoms with E-state index in [2.05, 4.69) is 6.58 Å². The van der Waals surface area contributed by atoms with Crippen LogP contribution in [-0.2, 0) is 9.84 Å². The lowest BCUT2D eigenvalue weighted by atomic mass is 10.4. The first-order valence-electron chi connectivity index (χ1n) is 3.19. The van der Waals surface area contributed by atoms with Gasteiger partial charge in [-0.25, -0.2) is 8.42 Å². The molecule has 0 saturated heterocycles. The lowest BCUT2D eigenvalue weighted by molar-refractivity contribution is 0.604. The summed E-state index contributed by atoms with van der Waals surface area (Å²) in [6.45, 7) is 3.18. The van der Waals surface area contributed by atoms with Crippen LogP contribution in [0.5, 0.6) is 0 Å². The van der Waals surface area contributed by atoms with Crippen molar-refractivity contribution in [1.82, 2.24) is 0 Å². The van der Waals surface area contributed by atoms with Crippen molar-refractivity contribution in [2.24, 2.45) is 0 Å². The zero-order valence-electron chi connectivity index (χ0n) is 6.20. The van der Waals surface area contributed by atoms with Crippen molar-refractivity contribution < 1.29 is 8.42 Å². The normalized spacial score (nSPS) is 11.1. The number of halogens is 1. The van der Waals surface area contributed by atoms with E-state index in [1.807, 2.05) is 0 Å². The second-order valence-corrected chi connectivity index (χ2v) is 4.82. The predicted molar refractivity (Wildman–Crippen MR) is 48.6 cm³/mol. The fraction of sp³-hybridized carbons (Fsp3) is 0. The summed E-state index contributed by atoms with van der Waals surface area (Å²) in [7, 11) is -3.51. The summed E-state index contributed by atoms with van der Waals surface area (Å²) in [6.07, 6.45) is 0. The third-order valence-corrected chi connectivity index (χ3v) is 3.43. The molecule has 0 radical (unpaired) electrons. The Balaban J connectivity index is 3.26. The number of benzene rings is 1. The third kappa shape index (κ3) is 1.68. The standard InChI is InChI=1S/C8H7ClO2S/c1-7(9)12(10,11)8-5-3-2-4-6-8/h2-6H,1H2. The van der Waals surface area contributed by atoms with Crippen LogP contribution >= 0.6 is 11.6 Å². The predicted octanol–water partition coefficient (Wildman–Crippen LogP) is 2.17. The highest BCUT2D eigenvalue weighted by atomic mass is 35.5. The van der Waals surface area contributed by atoms with E-state index in [-0.39, 0.29) is 9.26 Å². The van der Waals surface area contributed by atoms with E-state index < -0.39 is 9.84 Å². The lowest BCUT2D eigenvalue weighted by Gasteiger charge is -1.99. The second-order valence-electron chi connectivity index (χ2n) is 2.17. The van der Waals surface area contributed by atoms with E-state index in [0.717, 1.165) is 0 Å². The molecule has 0 bridgehead atoms. The Hall–Kier alpha value is -0.800. The maximum Gasteiger partial charge on any atom is 0.216 e. The molecule has 0 heterocycles. The van der Waals surface area contributed by atoms with Gasteiger partial charge in [0.2, 0.25) is 9.84 Å². The Labute approximate surface area is 76.4 Å². The maximum atomic E-state index is 11.3. The molecule has 0 aliphatic rings. The van der Waals surface area contributed by atoms with Gasteiger partial charge in [0.25, 0.3) is 0 Å². The van der Waals surface area contributed by atoms with E-state index in [9.17, 15) is 8.42 Å². The highest BCUT2D eigenvalue weighted by molar-refractivity contribution is 7.96. The summed E-state index contributed by atoms with van der Waals surface area (Å²) >= 11 is 5.32. The molecule has 2 nitrogen and oxygen atoms in total. The van der Waals surface area contributed by atoms with E-state index >= 15 is 0 Å². The molecule has 0 amide bonds. The molecule has 0 unspecified atom stereocenters. The highest BCUT2D eigenvalue weighted by Crippen LogP contribution is 2.19. The average molecular weight is 203 g/mol. The van der Waals surface area contributed by atoms with Crippen molar-refractivity contribution in [3.8, 4) is 0 Å². The summed E-state index contributed by atoms with van der Waals surface area (Å²) in [6, 6.07) is 7.95. The molecule has 12 heavy (non-hydrogen) atoms. The van der Waals surface area contributed by atoms with Crippen LogP contribution in [0.3, 0.4) is 0 Å². The van der Waals surface area contributed by atoms with Crippen molar-refractivity contribution in [3.63, 3.8) is 0 Å². The number of hydrogen-bond donors (Lipinski definition) is 0. The van der Waals surface area contributed by atoms with E-state index in [0.29, 0.717) is 0 Å². The van der Waals surface area contributed by atoms with Crippen molar-refractivity contribution >= 4 is 21.4 Å². The molecule has 0 aromatic heterocycles. The molecule has 0 fully saturated rings. The third-order valence-electron chi connectivity index (χ3n) is 1.35. The Morgan fingerprint density at radius 1 is 1.25 bits per heavy atom. The van der Waals surface area contributed by atoms with Gasteiger partial charge in [-0.3, -0.25) is 0 Å². The summed E-state index contributed by atoms with van der Waals surface area (Å²) in [4.78, 5) is 0.171. The summed E-state index contributed by atoms with van der Waals surface area (Å²) in [5.41, 5.74) is 0. The van der Waals surface area contributed by atoms with Crippen LogP contribution in [0.25, 0.3) is 0 Å². The minimum Gasteiger partial charge on any atom is -0.218 e. The highest BCUT2D eigenvalue weighted by Gasteiger charge is 2.15. The SMILES string of the molecule is C=C(Cl)S(=O)(=O)c1ccccc1. The Bertz CT molecular complexity index is 381. The molecule has 1 aromatic rings. The van der Waals surface area contributed by atoms with Crippen LogP contribution in [0, 0.1) is 0 Å². The maximum absolute atomic E-state index is 11.3. The van der Waals surface area contributed by atoms with Crippen molar-refractivity contribution in [1.29, 1.82) is 0 Å². The van der Waals surface area contributed by atoms with Gasteiger partial charge in [0.05, 0.1) is 4.90 Å². The zero-order valence-corrected chi connectivity index (χ0v) is 7.77. The molecule has 0 atom stereocenters. The molecule has 4 heteroatoms. The largest absolute Gasteiger partial charge is 0.218 e. The van der Waals surface area contributed by atoms with Crippen LogP contribution in [-0.4, -0.2) is 8.42 Å². The van der Waals surface area contributed by atoms with Gasteiger partial charge in [0, 0.05) is 0 Å². The fourth-order valence-electron chi connectivity index (χ4n) is 0.728. The minimum absolute atomic E-state index is 0.171. The Morgan fingerprint density at radius 2 is 1.75 bits per heavy atom. The molecule has 0 aliphatic carbocycles. The van der Waals surface area contributed by atoms with Crippen LogP contribution in [0.15, 0.2) is 46.2 Å². The van der Waals surface area contributed by atoms with Crippen LogP contribution in [0.1, 0.15) is 0 Å². The molecule has 0 N–H and O–H groups in total. The summed E-state index contributed by atoms with van der Waals surface area (Å²) in [5.74, 6) is 0. The van der Waals surface area contributed by atoms with Gasteiger partial charge in [0.15, 0.2) is 0 Å². The summed E-state index contributed by atoms with van der Waals surface area (Å²) in [5, 5.41) is 0. The second kappa shape index (κ2) is 3.29. The van der Waals surface area contributed by atoms with Gasteiger partial charge in [-0.05, 0) is 12.1 Å². The smallest absolute Gasteiger partial charge is 0.216 e. The van der Waals surface area contributed by atoms with Crippen LogP contribution in [0.4, 0.5) is 0 Å². The van der Waals surface area contributed by atoms with E-state index in [1.54, 1.807) is 18.2 Å². The zero-order chi connectivity index (χ0) is 9.19. The van der Waals surface area contributed by atoms with Gasteiger partial charge < -0.3 is 0 Å². The number of hydrogen-bond acceptors (Lipinski definition) is 2. The molecule has 0 aliphatic heterocycles. The molecule has 0 spiro atoms. The topological polar surface area (TPSA) is 34.1 Å². The van der Waals surface area contributed by atoms with Crippen LogP contribution in [0.2, 0.25) is 0 Å². The Morgan fingerprint density at radius 3 is 2.17 bits per heavy atom.